The lowest BCUT2D eigenvalue weighted by atomic mass is 9.96. The molecule has 0 saturated carbocycles. The van der Waals surface area contributed by atoms with E-state index < -0.39 is 0 Å². The second-order valence-corrected chi connectivity index (χ2v) is 5.32. The van der Waals surface area contributed by atoms with Crippen LogP contribution in [0.4, 0.5) is 0 Å². The van der Waals surface area contributed by atoms with E-state index >= 15 is 0 Å². The molecule has 1 unspecified atom stereocenters. The fraction of sp³-hybridized carbons (Fsp3) is 0.333. The van der Waals surface area contributed by atoms with Crippen LogP contribution in [0.5, 0.6) is 5.75 Å². The highest BCUT2D eigenvalue weighted by atomic mass is 16.9. The van der Waals surface area contributed by atoms with Crippen LogP contribution in [0.15, 0.2) is 48.5 Å². The minimum atomic E-state index is -0.128. The number of hydrogen-bond donors (Lipinski definition) is 0. The quantitative estimate of drug-likeness (QED) is 0.842. The van der Waals surface area contributed by atoms with Crippen molar-refractivity contribution >= 4 is 0 Å². The van der Waals surface area contributed by atoms with Crippen LogP contribution in [-0.4, -0.2) is 19.7 Å². The van der Waals surface area contributed by atoms with Gasteiger partial charge in [0.05, 0.1) is 7.11 Å². The normalized spacial score (nSPS) is 22.4. The molecule has 1 aliphatic rings. The Morgan fingerprint density at radius 3 is 2.29 bits per heavy atom. The summed E-state index contributed by atoms with van der Waals surface area (Å²) >= 11 is 0. The predicted octanol–water partition coefficient (Wildman–Crippen LogP) is 4.18. The Labute approximate surface area is 125 Å². The van der Waals surface area contributed by atoms with Crippen LogP contribution < -0.4 is 4.74 Å². The van der Waals surface area contributed by atoms with Gasteiger partial charge in [-0.2, -0.15) is 0 Å². The molecule has 0 bridgehead atoms. The van der Waals surface area contributed by atoms with Gasteiger partial charge in [-0.05, 0) is 24.1 Å². The molecule has 1 aliphatic heterocycles. The van der Waals surface area contributed by atoms with E-state index in [-0.39, 0.29) is 18.5 Å². The maximum atomic E-state index is 5.56. The molecule has 21 heavy (non-hydrogen) atoms. The van der Waals surface area contributed by atoms with Crippen molar-refractivity contribution in [3.05, 3.63) is 54.1 Å². The third kappa shape index (κ3) is 2.80. The lowest BCUT2D eigenvalue weighted by Crippen LogP contribution is -2.42. The van der Waals surface area contributed by atoms with E-state index in [1.54, 1.807) is 7.11 Å². The Morgan fingerprint density at radius 2 is 1.67 bits per heavy atom. The molecular formula is C18H20O3. The summed E-state index contributed by atoms with van der Waals surface area (Å²) in [7, 11) is 1.70. The zero-order valence-electron chi connectivity index (χ0n) is 12.6. The maximum absolute atomic E-state index is 5.56. The first-order valence-corrected chi connectivity index (χ1v) is 7.23. The highest BCUT2D eigenvalue weighted by Crippen LogP contribution is 2.33. The summed E-state index contributed by atoms with van der Waals surface area (Å²) in [6.07, 6.45) is -0.206. The summed E-state index contributed by atoms with van der Waals surface area (Å²) in [5.74, 6) is 1.12. The van der Waals surface area contributed by atoms with Gasteiger partial charge in [-0.1, -0.05) is 49.4 Å². The molecule has 0 amide bonds. The Hall–Kier alpha value is -1.84. The van der Waals surface area contributed by atoms with Crippen molar-refractivity contribution in [3.8, 4) is 16.9 Å². The highest BCUT2D eigenvalue weighted by Gasteiger charge is 2.32. The Bertz CT molecular complexity index is 600. The van der Waals surface area contributed by atoms with Crippen LogP contribution in [-0.2, 0) is 9.47 Å². The first-order chi connectivity index (χ1) is 10.2. The van der Waals surface area contributed by atoms with Crippen LogP contribution in [0.25, 0.3) is 11.1 Å². The number of ether oxygens (including phenoxy) is 3. The second kappa shape index (κ2) is 5.88. The Balaban J connectivity index is 1.80. The first-order valence-electron chi connectivity index (χ1n) is 7.23. The number of para-hydroxylation sites is 1. The molecule has 3 heteroatoms. The van der Waals surface area contributed by atoms with Crippen molar-refractivity contribution in [1.82, 2.24) is 0 Å². The largest absolute Gasteiger partial charge is 0.496 e. The molecule has 3 rings (SSSR count). The van der Waals surface area contributed by atoms with Crippen molar-refractivity contribution in [2.24, 2.45) is 0 Å². The maximum Gasteiger partial charge on any atom is 0.170 e. The molecule has 2 aromatic rings. The molecule has 0 N–H and O–H groups in total. The van der Waals surface area contributed by atoms with Crippen LogP contribution in [0, 0.1) is 0 Å². The standard InChI is InChI=1S/C18H20O3/c1-12(18-20-13(2)21-18)14-8-10-15(11-9-14)16-6-4-5-7-17(16)19-3/h4-13,18H,1-3H3. The predicted molar refractivity (Wildman–Crippen MR) is 82.3 cm³/mol. The van der Waals surface area contributed by atoms with Gasteiger partial charge in [0.25, 0.3) is 0 Å². The van der Waals surface area contributed by atoms with Gasteiger partial charge in [0.15, 0.2) is 12.6 Å². The zero-order valence-corrected chi connectivity index (χ0v) is 12.6. The molecule has 0 radical (unpaired) electrons. The highest BCUT2D eigenvalue weighted by molar-refractivity contribution is 5.70. The number of rotatable bonds is 4. The molecule has 1 heterocycles. The summed E-state index contributed by atoms with van der Waals surface area (Å²) in [6, 6.07) is 16.5. The van der Waals surface area contributed by atoms with Crippen LogP contribution in [0.2, 0.25) is 0 Å². The summed E-state index contributed by atoms with van der Waals surface area (Å²) in [6.45, 7) is 4.03. The van der Waals surface area contributed by atoms with E-state index in [9.17, 15) is 0 Å². The third-order valence-corrected chi connectivity index (χ3v) is 3.91. The first kappa shape index (κ1) is 14.1. The van der Waals surface area contributed by atoms with Gasteiger partial charge in [-0.15, -0.1) is 0 Å². The van der Waals surface area contributed by atoms with E-state index in [2.05, 4.69) is 37.3 Å². The van der Waals surface area contributed by atoms with Gasteiger partial charge < -0.3 is 14.2 Å². The van der Waals surface area contributed by atoms with Gasteiger partial charge in [0.2, 0.25) is 0 Å². The molecule has 1 saturated heterocycles. The molecule has 110 valence electrons. The molecule has 2 aromatic carbocycles. The van der Waals surface area contributed by atoms with Crippen molar-refractivity contribution < 1.29 is 14.2 Å². The van der Waals surface area contributed by atoms with E-state index in [4.69, 9.17) is 14.2 Å². The van der Waals surface area contributed by atoms with Gasteiger partial charge in [0, 0.05) is 11.5 Å². The summed E-state index contributed by atoms with van der Waals surface area (Å²) in [5.41, 5.74) is 3.46. The minimum absolute atomic E-state index is 0.0784. The molecule has 0 aliphatic carbocycles. The molecular weight excluding hydrogens is 264 g/mol. The molecule has 0 spiro atoms. The van der Waals surface area contributed by atoms with Crippen LogP contribution >= 0.6 is 0 Å². The fourth-order valence-electron chi connectivity index (χ4n) is 2.63. The fourth-order valence-corrected chi connectivity index (χ4v) is 2.63. The van der Waals surface area contributed by atoms with E-state index in [0.29, 0.717) is 0 Å². The van der Waals surface area contributed by atoms with Gasteiger partial charge in [0.1, 0.15) is 5.75 Å². The average Bonchev–Trinajstić information content (AvgIpc) is 2.51. The Kier molecular flexibility index (Phi) is 3.95. The van der Waals surface area contributed by atoms with Crippen molar-refractivity contribution in [2.45, 2.75) is 32.3 Å². The number of methoxy groups -OCH3 is 1. The molecule has 3 nitrogen and oxygen atoms in total. The van der Waals surface area contributed by atoms with Crippen molar-refractivity contribution in [2.75, 3.05) is 7.11 Å². The van der Waals surface area contributed by atoms with Crippen LogP contribution in [0.1, 0.15) is 25.3 Å². The lowest BCUT2D eigenvalue weighted by Gasteiger charge is -2.37. The number of hydrogen-bond acceptors (Lipinski definition) is 3. The van der Waals surface area contributed by atoms with E-state index in [1.165, 1.54) is 5.56 Å². The van der Waals surface area contributed by atoms with Crippen molar-refractivity contribution in [3.63, 3.8) is 0 Å². The second-order valence-electron chi connectivity index (χ2n) is 5.32. The van der Waals surface area contributed by atoms with Gasteiger partial charge in [-0.3, -0.25) is 0 Å². The third-order valence-electron chi connectivity index (χ3n) is 3.91. The van der Waals surface area contributed by atoms with Crippen LogP contribution in [0.3, 0.4) is 0 Å². The molecule has 1 atom stereocenters. The SMILES string of the molecule is COc1ccccc1-c1ccc(C(C)C2OC(C)O2)cc1. The Morgan fingerprint density at radius 1 is 1.00 bits per heavy atom. The lowest BCUT2D eigenvalue weighted by molar-refractivity contribution is -0.381. The zero-order chi connectivity index (χ0) is 14.8. The topological polar surface area (TPSA) is 27.7 Å². The number of benzene rings is 2. The van der Waals surface area contributed by atoms with Crippen molar-refractivity contribution in [1.29, 1.82) is 0 Å². The average molecular weight is 284 g/mol. The van der Waals surface area contributed by atoms with Gasteiger partial charge in [-0.25, -0.2) is 0 Å². The summed E-state index contributed by atoms with van der Waals surface area (Å²) < 4.78 is 16.5. The van der Waals surface area contributed by atoms with E-state index in [0.717, 1.165) is 16.9 Å². The molecule has 1 fully saturated rings. The summed E-state index contributed by atoms with van der Waals surface area (Å²) in [5, 5.41) is 0. The monoisotopic (exact) mass is 284 g/mol. The minimum Gasteiger partial charge on any atom is -0.496 e. The van der Waals surface area contributed by atoms with E-state index in [1.807, 2.05) is 25.1 Å². The molecule has 0 aromatic heterocycles. The summed E-state index contributed by atoms with van der Waals surface area (Å²) in [4.78, 5) is 0. The van der Waals surface area contributed by atoms with Gasteiger partial charge >= 0.3 is 0 Å². The smallest absolute Gasteiger partial charge is 0.170 e.